The van der Waals surface area contributed by atoms with Gasteiger partial charge in [-0.1, -0.05) is 0 Å². The molecule has 106 valence electrons. The first kappa shape index (κ1) is 15.2. The Labute approximate surface area is 114 Å². The van der Waals surface area contributed by atoms with Crippen LogP contribution >= 0.6 is 0 Å². The van der Waals surface area contributed by atoms with Gasteiger partial charge in [0.15, 0.2) is 0 Å². The van der Waals surface area contributed by atoms with Crippen LogP contribution in [0, 0.1) is 0 Å². The van der Waals surface area contributed by atoms with E-state index >= 15 is 0 Å². The van der Waals surface area contributed by atoms with Gasteiger partial charge in [-0.2, -0.15) is 0 Å². The van der Waals surface area contributed by atoms with Gasteiger partial charge in [-0.05, 0) is 34.6 Å². The largest absolute Gasteiger partial charge is 0.475 e. The highest BCUT2D eigenvalue weighted by atomic mass is 16.5. The van der Waals surface area contributed by atoms with Crippen LogP contribution in [0.4, 0.5) is 5.82 Å². The number of anilines is 1. The summed E-state index contributed by atoms with van der Waals surface area (Å²) in [4.78, 5) is 19.8. The zero-order valence-corrected chi connectivity index (χ0v) is 12.1. The Kier molecular flexibility index (Phi) is 5.54. The minimum atomic E-state index is -0.371. The van der Waals surface area contributed by atoms with Gasteiger partial charge in [-0.25, -0.2) is 9.97 Å². The number of aromatic nitrogens is 2. The molecule has 0 fully saturated rings. The molecule has 1 amide bonds. The van der Waals surface area contributed by atoms with E-state index in [0.29, 0.717) is 11.7 Å². The van der Waals surface area contributed by atoms with Crippen LogP contribution in [-0.4, -0.2) is 34.1 Å². The maximum atomic E-state index is 11.8. The number of nitrogens with zero attached hydrogens (tertiary/aromatic N) is 2. The monoisotopic (exact) mass is 266 g/mol. The van der Waals surface area contributed by atoms with E-state index in [2.05, 4.69) is 20.6 Å². The van der Waals surface area contributed by atoms with Crippen LogP contribution in [0.1, 0.15) is 34.6 Å². The maximum absolute atomic E-state index is 11.8. The molecule has 0 saturated heterocycles. The van der Waals surface area contributed by atoms with Gasteiger partial charge in [0.25, 0.3) is 0 Å². The Morgan fingerprint density at radius 2 is 1.89 bits per heavy atom. The highest BCUT2D eigenvalue weighted by molar-refractivity contribution is 5.84. The molecule has 2 N–H and O–H groups in total. The van der Waals surface area contributed by atoms with Gasteiger partial charge in [-0.3, -0.25) is 4.79 Å². The molecule has 0 spiro atoms. The Bertz CT molecular complexity index is 421. The third-order valence-electron chi connectivity index (χ3n) is 2.19. The molecule has 19 heavy (non-hydrogen) atoms. The van der Waals surface area contributed by atoms with Gasteiger partial charge < -0.3 is 15.4 Å². The first-order valence-corrected chi connectivity index (χ1v) is 6.44. The van der Waals surface area contributed by atoms with Crippen LogP contribution in [-0.2, 0) is 4.79 Å². The second kappa shape index (κ2) is 6.92. The summed E-state index contributed by atoms with van der Waals surface area (Å²) >= 11 is 0. The zero-order chi connectivity index (χ0) is 14.4. The van der Waals surface area contributed by atoms with Crippen molar-refractivity contribution in [2.75, 3.05) is 5.32 Å². The molecule has 0 saturated carbocycles. The molecule has 1 heterocycles. The minimum absolute atomic E-state index is 0.0458. The highest BCUT2D eigenvalue weighted by Crippen LogP contribution is 2.13. The lowest BCUT2D eigenvalue weighted by atomic mass is 10.3. The smallest absolute Gasteiger partial charge is 0.242 e. The zero-order valence-electron chi connectivity index (χ0n) is 12.1. The predicted molar refractivity (Wildman–Crippen MR) is 74.2 cm³/mol. The predicted octanol–water partition coefficient (Wildman–Crippen LogP) is 1.59. The fraction of sp³-hybridized carbons (Fsp3) is 0.615. The number of amides is 1. The van der Waals surface area contributed by atoms with E-state index in [1.807, 2.05) is 27.7 Å². The Hall–Kier alpha value is -1.85. The van der Waals surface area contributed by atoms with E-state index in [0.717, 1.165) is 0 Å². The average molecular weight is 266 g/mol. The van der Waals surface area contributed by atoms with E-state index in [-0.39, 0.29) is 24.1 Å². The van der Waals surface area contributed by atoms with E-state index in [1.165, 1.54) is 6.33 Å². The standard InChI is InChI=1S/C13H22N4O2/c1-8(2)16-13(18)10(5)17-11-6-12(15-7-14-11)19-9(3)4/h6-10H,1-5H3,(H,16,18)(H,14,15,17). The van der Waals surface area contributed by atoms with Gasteiger partial charge in [-0.15, -0.1) is 0 Å². The number of carbonyl (C=O) groups excluding carboxylic acids is 1. The van der Waals surface area contributed by atoms with Crippen LogP contribution in [0.15, 0.2) is 12.4 Å². The second-order valence-electron chi connectivity index (χ2n) is 4.94. The number of hydrogen-bond acceptors (Lipinski definition) is 5. The molecule has 1 atom stereocenters. The van der Waals surface area contributed by atoms with E-state index < -0.39 is 0 Å². The van der Waals surface area contributed by atoms with E-state index in [4.69, 9.17) is 4.74 Å². The van der Waals surface area contributed by atoms with E-state index in [1.54, 1.807) is 13.0 Å². The van der Waals surface area contributed by atoms with Crippen molar-refractivity contribution in [3.63, 3.8) is 0 Å². The van der Waals surface area contributed by atoms with Crippen molar-refractivity contribution in [1.82, 2.24) is 15.3 Å². The molecule has 0 aliphatic heterocycles. The number of hydrogen-bond donors (Lipinski definition) is 2. The van der Waals surface area contributed by atoms with Gasteiger partial charge in [0, 0.05) is 12.1 Å². The number of nitrogens with one attached hydrogen (secondary N) is 2. The van der Waals surface area contributed by atoms with Crippen LogP contribution < -0.4 is 15.4 Å². The fourth-order valence-corrected chi connectivity index (χ4v) is 1.42. The van der Waals surface area contributed by atoms with Crippen molar-refractivity contribution in [2.24, 2.45) is 0 Å². The molecule has 1 unspecified atom stereocenters. The van der Waals surface area contributed by atoms with Gasteiger partial charge in [0.05, 0.1) is 6.10 Å². The van der Waals surface area contributed by atoms with Crippen LogP contribution in [0.5, 0.6) is 5.88 Å². The van der Waals surface area contributed by atoms with Crippen molar-refractivity contribution in [3.8, 4) is 5.88 Å². The lowest BCUT2D eigenvalue weighted by Gasteiger charge is -2.17. The first-order chi connectivity index (χ1) is 8.88. The second-order valence-corrected chi connectivity index (χ2v) is 4.94. The van der Waals surface area contributed by atoms with Crippen LogP contribution in [0.2, 0.25) is 0 Å². The van der Waals surface area contributed by atoms with Crippen LogP contribution in [0.3, 0.4) is 0 Å². The average Bonchev–Trinajstić information content (AvgIpc) is 2.27. The topological polar surface area (TPSA) is 76.1 Å². The molecule has 0 aliphatic carbocycles. The van der Waals surface area contributed by atoms with Gasteiger partial charge >= 0.3 is 0 Å². The van der Waals surface area contributed by atoms with E-state index in [9.17, 15) is 4.79 Å². The molecule has 1 aromatic heterocycles. The third-order valence-corrected chi connectivity index (χ3v) is 2.19. The molecule has 0 radical (unpaired) electrons. The lowest BCUT2D eigenvalue weighted by molar-refractivity contribution is -0.122. The SMILES string of the molecule is CC(C)NC(=O)C(C)Nc1cc(OC(C)C)ncn1. The maximum Gasteiger partial charge on any atom is 0.242 e. The third kappa shape index (κ3) is 5.54. The summed E-state index contributed by atoms with van der Waals surface area (Å²) < 4.78 is 5.47. The Morgan fingerprint density at radius 3 is 2.47 bits per heavy atom. The van der Waals surface area contributed by atoms with Crippen molar-refractivity contribution in [2.45, 2.75) is 52.8 Å². The molecule has 0 bridgehead atoms. The molecule has 6 heteroatoms. The van der Waals surface area contributed by atoms with Crippen molar-refractivity contribution in [1.29, 1.82) is 0 Å². The minimum Gasteiger partial charge on any atom is -0.475 e. The summed E-state index contributed by atoms with van der Waals surface area (Å²) in [6.45, 7) is 9.47. The quantitative estimate of drug-likeness (QED) is 0.817. The van der Waals surface area contributed by atoms with Gasteiger partial charge in [0.2, 0.25) is 11.8 Å². The summed E-state index contributed by atoms with van der Waals surface area (Å²) in [5, 5.41) is 5.85. The summed E-state index contributed by atoms with van der Waals surface area (Å²) in [6.07, 6.45) is 1.46. The molecule has 6 nitrogen and oxygen atoms in total. The molecular formula is C13H22N4O2. The summed E-state index contributed by atoms with van der Waals surface area (Å²) in [5.41, 5.74) is 0. The van der Waals surface area contributed by atoms with Gasteiger partial charge in [0.1, 0.15) is 18.2 Å². The van der Waals surface area contributed by atoms with Crippen molar-refractivity contribution < 1.29 is 9.53 Å². The van der Waals surface area contributed by atoms with Crippen LogP contribution in [0.25, 0.3) is 0 Å². The summed E-state index contributed by atoms with van der Waals surface area (Å²) in [6, 6.07) is 1.42. The number of carbonyl (C=O) groups is 1. The first-order valence-electron chi connectivity index (χ1n) is 6.44. The summed E-state index contributed by atoms with van der Waals surface area (Å²) in [7, 11) is 0. The fourth-order valence-electron chi connectivity index (χ4n) is 1.42. The molecule has 0 aliphatic rings. The summed E-state index contributed by atoms with van der Waals surface area (Å²) in [5.74, 6) is 0.987. The Morgan fingerprint density at radius 1 is 1.21 bits per heavy atom. The highest BCUT2D eigenvalue weighted by Gasteiger charge is 2.14. The molecule has 1 rings (SSSR count). The number of rotatable bonds is 6. The molecule has 1 aromatic rings. The number of ether oxygens (including phenoxy) is 1. The van der Waals surface area contributed by atoms with Crippen molar-refractivity contribution >= 4 is 11.7 Å². The Balaban J connectivity index is 2.63. The molecule has 0 aromatic carbocycles. The normalized spacial score (nSPS) is 12.4. The lowest BCUT2D eigenvalue weighted by Crippen LogP contribution is -2.41. The molecular weight excluding hydrogens is 244 g/mol. The van der Waals surface area contributed by atoms with Crippen molar-refractivity contribution in [3.05, 3.63) is 12.4 Å².